The highest BCUT2D eigenvalue weighted by molar-refractivity contribution is 5.81. The van der Waals surface area contributed by atoms with Gasteiger partial charge in [0.1, 0.15) is 0 Å². The topological polar surface area (TPSA) is 64.3 Å². The maximum Gasteiger partial charge on any atom is 0.227 e. The molecule has 0 bridgehead atoms. The van der Waals surface area contributed by atoms with Crippen molar-refractivity contribution in [1.29, 1.82) is 0 Å². The molecule has 0 radical (unpaired) electrons. The average Bonchev–Trinajstić information content (AvgIpc) is 2.74. The van der Waals surface area contributed by atoms with Crippen molar-refractivity contribution >= 4 is 5.91 Å². The van der Waals surface area contributed by atoms with E-state index in [1.165, 1.54) is 0 Å². The summed E-state index contributed by atoms with van der Waals surface area (Å²) in [5, 5.41) is 3.13. The molecule has 3 N–H and O–H groups in total. The number of rotatable bonds is 4. The maximum atomic E-state index is 12.1. The summed E-state index contributed by atoms with van der Waals surface area (Å²) in [4.78, 5) is 12.1. The van der Waals surface area contributed by atoms with E-state index < -0.39 is 0 Å². The predicted molar refractivity (Wildman–Crippen MR) is 71.0 cm³/mol. The first-order valence-corrected chi connectivity index (χ1v) is 6.81. The summed E-state index contributed by atoms with van der Waals surface area (Å²) in [7, 11) is 0. The first kappa shape index (κ1) is 13.6. The zero-order chi connectivity index (χ0) is 13.3. The molecule has 2 rings (SSSR count). The number of carbonyl (C=O) groups excluding carboxylic acids is 1. The molecule has 4 heteroatoms. The van der Waals surface area contributed by atoms with Crippen LogP contribution in [-0.2, 0) is 9.53 Å². The molecule has 4 nitrogen and oxygen atoms in total. The van der Waals surface area contributed by atoms with Crippen LogP contribution in [0.5, 0.6) is 0 Å². The van der Waals surface area contributed by atoms with E-state index in [1.54, 1.807) is 0 Å². The Hall–Kier alpha value is -0.870. The molecule has 2 aliphatic rings. The second kappa shape index (κ2) is 5.02. The van der Waals surface area contributed by atoms with Gasteiger partial charge >= 0.3 is 0 Å². The Labute approximate surface area is 109 Å². The van der Waals surface area contributed by atoms with E-state index in [2.05, 4.69) is 19.2 Å². The van der Waals surface area contributed by atoms with Gasteiger partial charge in [-0.25, -0.2) is 0 Å². The van der Waals surface area contributed by atoms with Crippen LogP contribution >= 0.6 is 0 Å². The lowest BCUT2D eigenvalue weighted by atomic mass is 9.64. The number of hydrogen-bond acceptors (Lipinski definition) is 3. The fraction of sp³-hybridized carbons (Fsp3) is 0.786. The van der Waals surface area contributed by atoms with Gasteiger partial charge in [-0.2, -0.15) is 0 Å². The molecule has 0 aromatic carbocycles. The third kappa shape index (κ3) is 2.45. The van der Waals surface area contributed by atoms with Crippen molar-refractivity contribution in [2.45, 2.75) is 51.8 Å². The van der Waals surface area contributed by atoms with Crippen molar-refractivity contribution in [2.24, 2.45) is 17.1 Å². The average molecular weight is 252 g/mol. The van der Waals surface area contributed by atoms with Gasteiger partial charge < -0.3 is 15.8 Å². The zero-order valence-electron chi connectivity index (χ0n) is 11.5. The summed E-state index contributed by atoms with van der Waals surface area (Å²) in [5.74, 6) is 0.0502. The number of ether oxygens (including phenoxy) is 1. The molecule has 0 aromatic heterocycles. The minimum atomic E-state index is -0.0538. The van der Waals surface area contributed by atoms with Crippen molar-refractivity contribution in [3.05, 3.63) is 12.2 Å². The van der Waals surface area contributed by atoms with Crippen LogP contribution in [0.15, 0.2) is 12.2 Å². The Morgan fingerprint density at radius 1 is 1.44 bits per heavy atom. The largest absolute Gasteiger partial charge is 0.378 e. The highest BCUT2D eigenvalue weighted by Crippen LogP contribution is 2.42. The van der Waals surface area contributed by atoms with Gasteiger partial charge in [0.2, 0.25) is 5.91 Å². The molecule has 1 fully saturated rings. The van der Waals surface area contributed by atoms with Crippen LogP contribution in [0.4, 0.5) is 0 Å². The van der Waals surface area contributed by atoms with Gasteiger partial charge in [0, 0.05) is 24.1 Å². The molecule has 0 saturated heterocycles. The second-order valence-corrected chi connectivity index (χ2v) is 5.95. The first-order chi connectivity index (χ1) is 8.45. The highest BCUT2D eigenvalue weighted by Gasteiger charge is 2.49. The third-order valence-electron chi connectivity index (χ3n) is 4.32. The molecule has 0 aromatic rings. The molecule has 18 heavy (non-hydrogen) atoms. The SMILES string of the molecule is CCOC1CC(NC(=O)C2C=CC(N)C2)C1(C)C. The Bertz CT molecular complexity index is 352. The highest BCUT2D eigenvalue weighted by atomic mass is 16.5. The summed E-state index contributed by atoms with van der Waals surface area (Å²) in [5.41, 5.74) is 5.79. The Morgan fingerprint density at radius 2 is 2.17 bits per heavy atom. The normalized spacial score (nSPS) is 37.3. The quantitative estimate of drug-likeness (QED) is 0.739. The summed E-state index contributed by atoms with van der Waals surface area (Å²) in [6.07, 6.45) is 5.74. The van der Waals surface area contributed by atoms with Gasteiger partial charge in [0.05, 0.1) is 12.0 Å². The maximum absolute atomic E-state index is 12.1. The standard InChI is InChI=1S/C14H24N2O2/c1-4-18-12-8-11(14(12,2)3)16-13(17)9-5-6-10(15)7-9/h5-6,9-12H,4,7-8,15H2,1-3H3,(H,16,17). The number of nitrogens with one attached hydrogen (secondary N) is 1. The van der Waals surface area contributed by atoms with Crippen molar-refractivity contribution < 1.29 is 9.53 Å². The monoisotopic (exact) mass is 252 g/mol. The van der Waals surface area contributed by atoms with E-state index in [0.717, 1.165) is 19.4 Å². The van der Waals surface area contributed by atoms with Gasteiger partial charge in [-0.15, -0.1) is 0 Å². The lowest BCUT2D eigenvalue weighted by Gasteiger charge is -2.51. The number of hydrogen-bond donors (Lipinski definition) is 2. The number of amides is 1. The van der Waals surface area contributed by atoms with Crippen molar-refractivity contribution in [1.82, 2.24) is 5.32 Å². The Balaban J connectivity index is 1.85. The lowest BCUT2D eigenvalue weighted by molar-refractivity contribution is -0.138. The second-order valence-electron chi connectivity index (χ2n) is 5.95. The van der Waals surface area contributed by atoms with Gasteiger partial charge in [0.25, 0.3) is 0 Å². The first-order valence-electron chi connectivity index (χ1n) is 6.81. The Morgan fingerprint density at radius 3 is 2.67 bits per heavy atom. The summed E-state index contributed by atoms with van der Waals surface area (Å²) in [6.45, 7) is 7.04. The lowest BCUT2D eigenvalue weighted by Crippen LogP contribution is -2.62. The van der Waals surface area contributed by atoms with Crippen LogP contribution < -0.4 is 11.1 Å². The molecular formula is C14H24N2O2. The van der Waals surface area contributed by atoms with E-state index in [4.69, 9.17) is 10.5 Å². The van der Waals surface area contributed by atoms with E-state index in [-0.39, 0.29) is 35.4 Å². The van der Waals surface area contributed by atoms with Crippen LogP contribution in [0.1, 0.15) is 33.6 Å². The minimum Gasteiger partial charge on any atom is -0.378 e. The van der Waals surface area contributed by atoms with Crippen molar-refractivity contribution in [3.63, 3.8) is 0 Å². The van der Waals surface area contributed by atoms with E-state index >= 15 is 0 Å². The summed E-state index contributed by atoms with van der Waals surface area (Å²) < 4.78 is 5.66. The molecule has 4 unspecified atom stereocenters. The summed E-state index contributed by atoms with van der Waals surface area (Å²) >= 11 is 0. The summed E-state index contributed by atoms with van der Waals surface area (Å²) in [6, 6.07) is 0.248. The van der Waals surface area contributed by atoms with Gasteiger partial charge in [-0.05, 0) is 19.8 Å². The molecular weight excluding hydrogens is 228 g/mol. The van der Waals surface area contributed by atoms with Crippen LogP contribution in [0.2, 0.25) is 0 Å². The van der Waals surface area contributed by atoms with Crippen molar-refractivity contribution in [2.75, 3.05) is 6.61 Å². The third-order valence-corrected chi connectivity index (χ3v) is 4.32. The van der Waals surface area contributed by atoms with E-state index in [1.807, 2.05) is 19.1 Å². The number of nitrogens with two attached hydrogens (primary N) is 1. The molecule has 102 valence electrons. The molecule has 1 saturated carbocycles. The fourth-order valence-electron chi connectivity index (χ4n) is 2.81. The van der Waals surface area contributed by atoms with Gasteiger partial charge in [-0.3, -0.25) is 4.79 Å². The van der Waals surface area contributed by atoms with Gasteiger partial charge in [0.15, 0.2) is 0 Å². The number of carbonyl (C=O) groups is 1. The van der Waals surface area contributed by atoms with E-state index in [9.17, 15) is 4.79 Å². The molecule has 0 heterocycles. The van der Waals surface area contributed by atoms with Crippen molar-refractivity contribution in [3.8, 4) is 0 Å². The van der Waals surface area contributed by atoms with Crippen LogP contribution in [-0.4, -0.2) is 30.7 Å². The van der Waals surface area contributed by atoms with Crippen LogP contribution in [0.25, 0.3) is 0 Å². The molecule has 0 aliphatic heterocycles. The molecule has 4 atom stereocenters. The predicted octanol–water partition coefficient (Wildman–Crippen LogP) is 1.21. The zero-order valence-corrected chi connectivity index (χ0v) is 11.5. The molecule has 1 amide bonds. The fourth-order valence-corrected chi connectivity index (χ4v) is 2.81. The Kier molecular flexibility index (Phi) is 3.78. The minimum absolute atomic E-state index is 0.0239. The van der Waals surface area contributed by atoms with Crippen LogP contribution in [0, 0.1) is 11.3 Å². The van der Waals surface area contributed by atoms with E-state index in [0.29, 0.717) is 0 Å². The van der Waals surface area contributed by atoms with Gasteiger partial charge in [-0.1, -0.05) is 26.0 Å². The molecule has 2 aliphatic carbocycles. The molecule has 0 spiro atoms. The smallest absolute Gasteiger partial charge is 0.227 e. The van der Waals surface area contributed by atoms with Crippen LogP contribution in [0.3, 0.4) is 0 Å².